The van der Waals surface area contributed by atoms with E-state index >= 15 is 0 Å². The highest BCUT2D eigenvalue weighted by Crippen LogP contribution is 2.34. The van der Waals surface area contributed by atoms with Gasteiger partial charge in [0.05, 0.1) is 11.2 Å². The molecule has 0 unspecified atom stereocenters. The van der Waals surface area contributed by atoms with Crippen molar-refractivity contribution in [3.8, 4) is 16.1 Å². The molecule has 0 N–H and O–H groups in total. The molecular weight excluding hydrogens is 398 g/mol. The Morgan fingerprint density at radius 3 is 2.54 bits per heavy atom. The first-order chi connectivity index (χ1) is 13.4. The molecule has 0 aliphatic rings. The molecule has 0 bridgehead atoms. The van der Waals surface area contributed by atoms with E-state index in [1.807, 2.05) is 62.4 Å². The third-order valence-electron chi connectivity index (χ3n) is 4.38. The molecule has 0 atom stereocenters. The largest absolute Gasteiger partial charge is 0.291 e. The third kappa shape index (κ3) is 3.47. The van der Waals surface area contributed by atoms with E-state index in [0.29, 0.717) is 27.7 Å². The van der Waals surface area contributed by atoms with Crippen molar-refractivity contribution in [2.24, 2.45) is 0 Å². The van der Waals surface area contributed by atoms with Crippen LogP contribution >= 0.6 is 23.1 Å². The summed E-state index contributed by atoms with van der Waals surface area (Å²) in [6.45, 7) is 3.75. The van der Waals surface area contributed by atoms with E-state index in [1.165, 1.54) is 15.9 Å². The number of thiophene rings is 1. The molecule has 0 aliphatic carbocycles. The average Bonchev–Trinajstić information content (AvgIpc) is 3.09. The molecule has 3 nitrogen and oxygen atoms in total. The van der Waals surface area contributed by atoms with Gasteiger partial charge in [0.25, 0.3) is 11.3 Å². The fourth-order valence-corrected chi connectivity index (χ4v) is 4.66. The first kappa shape index (κ1) is 18.8. The smallest absolute Gasteiger partial charge is 0.267 e. The van der Waals surface area contributed by atoms with Gasteiger partial charge in [0, 0.05) is 4.88 Å². The van der Waals surface area contributed by atoms with Crippen LogP contribution in [0.3, 0.4) is 0 Å². The molecule has 0 amide bonds. The minimum atomic E-state index is -2.67. The molecular formula is C21H16F2N2OS2. The standard InChI is InChI=1S/C21H16F2N2OS2/c1-12-8-9-13(2)16(10-12)25-19(26)18-15(24-21(25)28-20(22)23)11-17(27-18)14-6-4-3-5-7-14/h3-11,20H,1-2H3. The molecule has 4 aromatic rings. The van der Waals surface area contributed by atoms with Crippen molar-refractivity contribution in [2.45, 2.75) is 24.8 Å². The van der Waals surface area contributed by atoms with Crippen molar-refractivity contribution in [3.63, 3.8) is 0 Å². The van der Waals surface area contributed by atoms with E-state index in [1.54, 1.807) is 6.07 Å². The van der Waals surface area contributed by atoms with E-state index in [0.717, 1.165) is 21.6 Å². The summed E-state index contributed by atoms with van der Waals surface area (Å²) in [5.74, 6) is -2.67. The van der Waals surface area contributed by atoms with Gasteiger partial charge in [-0.25, -0.2) is 4.98 Å². The number of fused-ring (bicyclic) bond motifs is 1. The van der Waals surface area contributed by atoms with Crippen molar-refractivity contribution < 1.29 is 8.78 Å². The van der Waals surface area contributed by atoms with Crippen LogP contribution in [0.2, 0.25) is 0 Å². The van der Waals surface area contributed by atoms with Crippen LogP contribution in [-0.2, 0) is 0 Å². The van der Waals surface area contributed by atoms with E-state index in [-0.39, 0.29) is 10.7 Å². The maximum Gasteiger partial charge on any atom is 0.291 e. The Morgan fingerprint density at radius 1 is 1.07 bits per heavy atom. The van der Waals surface area contributed by atoms with Crippen LogP contribution in [0.5, 0.6) is 0 Å². The summed E-state index contributed by atoms with van der Waals surface area (Å²) >= 11 is 1.62. The lowest BCUT2D eigenvalue weighted by atomic mass is 10.1. The number of nitrogens with zero attached hydrogens (tertiary/aromatic N) is 2. The number of aromatic nitrogens is 2. The van der Waals surface area contributed by atoms with Crippen LogP contribution in [-0.4, -0.2) is 15.3 Å². The highest BCUT2D eigenvalue weighted by Gasteiger charge is 2.20. The zero-order valence-corrected chi connectivity index (χ0v) is 16.8. The average molecular weight is 415 g/mol. The SMILES string of the molecule is Cc1ccc(C)c(-n2c(SC(F)F)nc3cc(-c4ccccc4)sc3c2=O)c1. The molecule has 2 heterocycles. The van der Waals surface area contributed by atoms with Gasteiger partial charge >= 0.3 is 0 Å². The fraction of sp³-hybridized carbons (Fsp3) is 0.143. The van der Waals surface area contributed by atoms with Gasteiger partial charge in [-0.3, -0.25) is 9.36 Å². The first-order valence-electron chi connectivity index (χ1n) is 8.58. The lowest BCUT2D eigenvalue weighted by Crippen LogP contribution is -2.22. The molecule has 7 heteroatoms. The number of halogens is 2. The normalized spacial score (nSPS) is 11.5. The number of hydrogen-bond donors (Lipinski definition) is 0. The topological polar surface area (TPSA) is 34.9 Å². The summed E-state index contributed by atoms with van der Waals surface area (Å²) in [6, 6.07) is 17.1. The molecule has 0 saturated heterocycles. The molecule has 0 radical (unpaired) electrons. The minimum Gasteiger partial charge on any atom is -0.267 e. The highest BCUT2D eigenvalue weighted by atomic mass is 32.2. The summed E-state index contributed by atoms with van der Waals surface area (Å²) in [4.78, 5) is 18.6. The predicted molar refractivity (Wildman–Crippen MR) is 112 cm³/mol. The summed E-state index contributed by atoms with van der Waals surface area (Å²) in [7, 11) is 0. The second kappa shape index (κ2) is 7.48. The summed E-state index contributed by atoms with van der Waals surface area (Å²) in [5.41, 5.74) is 3.43. The monoisotopic (exact) mass is 414 g/mol. The molecule has 0 fully saturated rings. The number of rotatable bonds is 4. The van der Waals surface area contributed by atoms with Gasteiger partial charge in [0.1, 0.15) is 4.70 Å². The molecule has 0 aliphatic heterocycles. The lowest BCUT2D eigenvalue weighted by molar-refractivity contribution is 0.251. The van der Waals surface area contributed by atoms with E-state index in [2.05, 4.69) is 4.98 Å². The van der Waals surface area contributed by atoms with E-state index in [9.17, 15) is 13.6 Å². The summed E-state index contributed by atoms with van der Waals surface area (Å²) in [6.07, 6.45) is 0. The maximum atomic E-state index is 13.3. The quantitative estimate of drug-likeness (QED) is 0.301. The molecule has 0 saturated carbocycles. The van der Waals surface area contributed by atoms with Gasteiger partial charge in [-0.05, 0) is 54.4 Å². The molecule has 28 heavy (non-hydrogen) atoms. The highest BCUT2D eigenvalue weighted by molar-refractivity contribution is 7.99. The van der Waals surface area contributed by atoms with Crippen LogP contribution in [0.15, 0.2) is 64.5 Å². The molecule has 0 spiro atoms. The zero-order valence-electron chi connectivity index (χ0n) is 15.1. The Labute approximate surface area is 168 Å². The molecule has 142 valence electrons. The number of aryl methyl sites for hydroxylation is 2. The summed E-state index contributed by atoms with van der Waals surface area (Å²) in [5, 5.41) is -0.00129. The van der Waals surface area contributed by atoms with Gasteiger partial charge in [-0.1, -0.05) is 42.5 Å². The minimum absolute atomic E-state index is 0.00129. The van der Waals surface area contributed by atoms with Crippen LogP contribution in [0.4, 0.5) is 8.78 Å². The number of benzene rings is 2. The van der Waals surface area contributed by atoms with Crippen LogP contribution in [0.25, 0.3) is 26.3 Å². The van der Waals surface area contributed by atoms with Crippen molar-refractivity contribution in [2.75, 3.05) is 0 Å². The van der Waals surface area contributed by atoms with E-state index < -0.39 is 5.76 Å². The Bertz CT molecular complexity index is 1220. The fourth-order valence-electron chi connectivity index (χ4n) is 3.04. The number of alkyl halides is 2. The number of hydrogen-bond acceptors (Lipinski definition) is 4. The third-order valence-corrected chi connectivity index (χ3v) is 6.20. The first-order valence-corrected chi connectivity index (χ1v) is 10.3. The Morgan fingerprint density at radius 2 is 1.82 bits per heavy atom. The van der Waals surface area contributed by atoms with Gasteiger partial charge in [0.2, 0.25) is 0 Å². The molecule has 2 aromatic carbocycles. The summed E-state index contributed by atoms with van der Waals surface area (Å²) < 4.78 is 28.2. The Hall–Kier alpha value is -2.51. The predicted octanol–water partition coefficient (Wildman–Crippen LogP) is 6.05. The Balaban J connectivity index is 2.01. The van der Waals surface area contributed by atoms with Gasteiger partial charge in [-0.2, -0.15) is 8.78 Å². The van der Waals surface area contributed by atoms with Gasteiger partial charge in [0.15, 0.2) is 5.16 Å². The number of thioether (sulfide) groups is 1. The van der Waals surface area contributed by atoms with Crippen LogP contribution in [0.1, 0.15) is 11.1 Å². The van der Waals surface area contributed by atoms with Gasteiger partial charge in [-0.15, -0.1) is 11.3 Å². The van der Waals surface area contributed by atoms with Crippen LogP contribution < -0.4 is 5.56 Å². The lowest BCUT2D eigenvalue weighted by Gasteiger charge is -2.14. The zero-order chi connectivity index (χ0) is 19.8. The van der Waals surface area contributed by atoms with Crippen molar-refractivity contribution in [3.05, 3.63) is 76.1 Å². The second-order valence-electron chi connectivity index (χ2n) is 6.39. The maximum absolute atomic E-state index is 13.3. The molecule has 4 rings (SSSR count). The van der Waals surface area contributed by atoms with Gasteiger partial charge < -0.3 is 0 Å². The van der Waals surface area contributed by atoms with Crippen molar-refractivity contribution in [1.29, 1.82) is 0 Å². The van der Waals surface area contributed by atoms with Crippen molar-refractivity contribution in [1.82, 2.24) is 9.55 Å². The van der Waals surface area contributed by atoms with Crippen molar-refractivity contribution >= 4 is 33.3 Å². The van der Waals surface area contributed by atoms with E-state index in [4.69, 9.17) is 0 Å². The van der Waals surface area contributed by atoms with Crippen LogP contribution in [0, 0.1) is 13.8 Å². The second-order valence-corrected chi connectivity index (χ2v) is 8.40. The molecule has 2 aromatic heterocycles. The Kier molecular flexibility index (Phi) is 5.03.